The Balaban J connectivity index is 2.47. The van der Waals surface area contributed by atoms with Gasteiger partial charge in [0.2, 0.25) is 5.91 Å². The first-order chi connectivity index (χ1) is 11.3. The lowest BCUT2D eigenvalue weighted by Gasteiger charge is -2.18. The molecular weight excluding hydrogens is 306 g/mol. The maximum atomic E-state index is 11.9. The third kappa shape index (κ3) is 7.85. The van der Waals surface area contributed by atoms with Crippen LogP contribution in [0.4, 0.5) is 16.2 Å². The van der Waals surface area contributed by atoms with Gasteiger partial charge in [0.25, 0.3) is 0 Å². The predicted octanol–water partition coefficient (Wildman–Crippen LogP) is 3.46. The minimum atomic E-state index is -0.482. The van der Waals surface area contributed by atoms with Crippen molar-refractivity contribution < 1.29 is 14.3 Å². The summed E-state index contributed by atoms with van der Waals surface area (Å²) in [5.74, 6) is 0.611. The van der Waals surface area contributed by atoms with Gasteiger partial charge in [-0.1, -0.05) is 33.8 Å². The molecule has 6 heteroatoms. The summed E-state index contributed by atoms with van der Waals surface area (Å²) in [6.07, 6.45) is -0.482. The van der Waals surface area contributed by atoms with E-state index >= 15 is 0 Å². The topological polar surface area (TPSA) is 79.5 Å². The molecule has 0 radical (unpaired) electrons. The van der Waals surface area contributed by atoms with Crippen LogP contribution < -0.4 is 16.0 Å². The summed E-state index contributed by atoms with van der Waals surface area (Å²) in [5.41, 5.74) is 1.37. The van der Waals surface area contributed by atoms with Crippen molar-refractivity contribution >= 4 is 23.4 Å². The van der Waals surface area contributed by atoms with Gasteiger partial charge in [-0.05, 0) is 37.0 Å². The molecule has 1 unspecified atom stereocenters. The second-order valence-electron chi connectivity index (χ2n) is 6.65. The summed E-state index contributed by atoms with van der Waals surface area (Å²) in [7, 11) is 0. The SMILES string of the molecule is CC(C)COC(=O)Nc1cccc(NCC(=O)NC(C)C(C)C)c1. The Hall–Kier alpha value is -2.24. The third-order valence-electron chi connectivity index (χ3n) is 3.50. The maximum absolute atomic E-state index is 11.9. The Bertz CT molecular complexity index is 544. The Morgan fingerprint density at radius 1 is 1.08 bits per heavy atom. The van der Waals surface area contributed by atoms with E-state index in [9.17, 15) is 9.59 Å². The van der Waals surface area contributed by atoms with Gasteiger partial charge in [-0.2, -0.15) is 0 Å². The van der Waals surface area contributed by atoms with E-state index < -0.39 is 6.09 Å². The molecule has 0 saturated heterocycles. The fourth-order valence-electron chi connectivity index (χ4n) is 1.76. The summed E-state index contributed by atoms with van der Waals surface area (Å²) < 4.78 is 5.08. The van der Waals surface area contributed by atoms with Crippen LogP contribution in [0.5, 0.6) is 0 Å². The first-order valence-corrected chi connectivity index (χ1v) is 8.35. The molecule has 1 atom stereocenters. The number of ether oxygens (including phenoxy) is 1. The number of anilines is 2. The molecule has 0 fully saturated rings. The maximum Gasteiger partial charge on any atom is 0.411 e. The average molecular weight is 335 g/mol. The molecule has 0 saturated carbocycles. The van der Waals surface area contributed by atoms with Crippen molar-refractivity contribution in [2.24, 2.45) is 11.8 Å². The van der Waals surface area contributed by atoms with E-state index in [1.54, 1.807) is 18.2 Å². The lowest BCUT2D eigenvalue weighted by molar-refractivity contribution is -0.120. The molecule has 1 rings (SSSR count). The molecule has 0 aliphatic carbocycles. The van der Waals surface area contributed by atoms with Crippen LogP contribution in [0.2, 0.25) is 0 Å². The zero-order chi connectivity index (χ0) is 18.1. The van der Waals surface area contributed by atoms with Gasteiger partial charge in [0.15, 0.2) is 0 Å². The zero-order valence-electron chi connectivity index (χ0n) is 15.2. The molecule has 0 aliphatic rings. The normalized spacial score (nSPS) is 12.0. The first kappa shape index (κ1) is 19.8. The summed E-state index contributed by atoms with van der Waals surface area (Å²) in [5, 5.41) is 8.65. The predicted molar refractivity (Wildman–Crippen MR) is 97.2 cm³/mol. The minimum absolute atomic E-state index is 0.0640. The van der Waals surface area contributed by atoms with Crippen molar-refractivity contribution in [3.8, 4) is 0 Å². The number of hydrogen-bond donors (Lipinski definition) is 3. The number of nitrogens with one attached hydrogen (secondary N) is 3. The van der Waals surface area contributed by atoms with E-state index in [1.165, 1.54) is 0 Å². The van der Waals surface area contributed by atoms with E-state index in [1.807, 2.05) is 26.8 Å². The van der Waals surface area contributed by atoms with Crippen LogP contribution in [0, 0.1) is 11.8 Å². The van der Waals surface area contributed by atoms with E-state index in [4.69, 9.17) is 4.74 Å². The molecule has 6 nitrogen and oxygen atoms in total. The molecule has 1 aromatic rings. The number of rotatable bonds is 8. The summed E-state index contributed by atoms with van der Waals surface area (Å²) in [4.78, 5) is 23.5. The monoisotopic (exact) mass is 335 g/mol. The summed E-state index contributed by atoms with van der Waals surface area (Å²) in [6.45, 7) is 10.6. The second-order valence-corrected chi connectivity index (χ2v) is 6.65. The molecule has 0 aromatic heterocycles. The number of carbonyl (C=O) groups excluding carboxylic acids is 2. The molecule has 2 amide bonds. The molecule has 3 N–H and O–H groups in total. The van der Waals surface area contributed by atoms with Gasteiger partial charge in [-0.25, -0.2) is 4.79 Å². The second kappa shape index (κ2) is 9.80. The van der Waals surface area contributed by atoms with E-state index in [2.05, 4.69) is 29.8 Å². The molecule has 134 valence electrons. The molecular formula is C18H29N3O3. The Morgan fingerprint density at radius 3 is 2.38 bits per heavy atom. The van der Waals surface area contributed by atoms with Crippen molar-refractivity contribution in [1.29, 1.82) is 0 Å². The van der Waals surface area contributed by atoms with Gasteiger partial charge in [0.05, 0.1) is 13.2 Å². The van der Waals surface area contributed by atoms with Crippen LogP contribution in [-0.2, 0) is 9.53 Å². The summed E-state index contributed by atoms with van der Waals surface area (Å²) >= 11 is 0. The van der Waals surface area contributed by atoms with Crippen molar-refractivity contribution in [3.63, 3.8) is 0 Å². The minimum Gasteiger partial charge on any atom is -0.449 e. The van der Waals surface area contributed by atoms with Crippen LogP contribution in [0.1, 0.15) is 34.6 Å². The molecule has 24 heavy (non-hydrogen) atoms. The van der Waals surface area contributed by atoms with Crippen LogP contribution in [0.25, 0.3) is 0 Å². The molecule has 0 bridgehead atoms. The highest BCUT2D eigenvalue weighted by Gasteiger charge is 2.10. The van der Waals surface area contributed by atoms with Gasteiger partial charge >= 0.3 is 6.09 Å². The fourth-order valence-corrected chi connectivity index (χ4v) is 1.76. The quantitative estimate of drug-likeness (QED) is 0.680. The average Bonchev–Trinajstić information content (AvgIpc) is 2.51. The van der Waals surface area contributed by atoms with Crippen molar-refractivity contribution in [2.75, 3.05) is 23.8 Å². The van der Waals surface area contributed by atoms with Gasteiger partial charge in [0.1, 0.15) is 0 Å². The van der Waals surface area contributed by atoms with Crippen LogP contribution in [0.15, 0.2) is 24.3 Å². The van der Waals surface area contributed by atoms with Gasteiger partial charge in [-0.3, -0.25) is 10.1 Å². The Kier molecular flexibility index (Phi) is 8.09. The van der Waals surface area contributed by atoms with Gasteiger partial charge < -0.3 is 15.4 Å². The zero-order valence-corrected chi connectivity index (χ0v) is 15.2. The highest BCUT2D eigenvalue weighted by molar-refractivity contribution is 5.86. The first-order valence-electron chi connectivity index (χ1n) is 8.35. The van der Waals surface area contributed by atoms with Crippen molar-refractivity contribution in [3.05, 3.63) is 24.3 Å². The Morgan fingerprint density at radius 2 is 1.75 bits per heavy atom. The number of carbonyl (C=O) groups is 2. The highest BCUT2D eigenvalue weighted by Crippen LogP contribution is 2.15. The standard InChI is InChI=1S/C18H29N3O3/c1-12(2)11-24-18(23)21-16-8-6-7-15(9-16)19-10-17(22)20-14(5)13(3)4/h6-9,12-14,19H,10-11H2,1-5H3,(H,20,22)(H,21,23). The molecule has 0 aliphatic heterocycles. The molecule has 1 aromatic carbocycles. The fraction of sp³-hybridized carbons (Fsp3) is 0.556. The number of amides is 2. The summed E-state index contributed by atoms with van der Waals surface area (Å²) in [6, 6.07) is 7.29. The molecule has 0 spiro atoms. The van der Waals surface area contributed by atoms with E-state index in [0.29, 0.717) is 18.2 Å². The largest absolute Gasteiger partial charge is 0.449 e. The van der Waals surface area contributed by atoms with E-state index in [0.717, 1.165) is 5.69 Å². The lowest BCUT2D eigenvalue weighted by Crippen LogP contribution is -2.39. The van der Waals surface area contributed by atoms with Crippen LogP contribution >= 0.6 is 0 Å². The van der Waals surface area contributed by atoms with Crippen molar-refractivity contribution in [1.82, 2.24) is 5.32 Å². The van der Waals surface area contributed by atoms with Gasteiger partial charge in [-0.15, -0.1) is 0 Å². The number of benzene rings is 1. The van der Waals surface area contributed by atoms with Gasteiger partial charge in [0, 0.05) is 17.4 Å². The van der Waals surface area contributed by atoms with Crippen molar-refractivity contribution in [2.45, 2.75) is 40.7 Å². The number of hydrogen-bond acceptors (Lipinski definition) is 4. The highest BCUT2D eigenvalue weighted by atomic mass is 16.5. The lowest BCUT2D eigenvalue weighted by atomic mass is 10.1. The molecule has 0 heterocycles. The Labute approximate surface area is 144 Å². The van der Waals surface area contributed by atoms with Crippen LogP contribution in [0.3, 0.4) is 0 Å². The van der Waals surface area contributed by atoms with Crippen LogP contribution in [-0.4, -0.2) is 31.2 Å². The van der Waals surface area contributed by atoms with E-state index in [-0.39, 0.29) is 24.4 Å². The smallest absolute Gasteiger partial charge is 0.411 e. The third-order valence-corrected chi connectivity index (χ3v) is 3.50.